The quantitative estimate of drug-likeness (QED) is 0.809. The van der Waals surface area contributed by atoms with Gasteiger partial charge in [-0.1, -0.05) is 0 Å². The van der Waals surface area contributed by atoms with Crippen molar-refractivity contribution in [1.82, 2.24) is 9.97 Å². The lowest BCUT2D eigenvalue weighted by Crippen LogP contribution is -2.32. The molecule has 0 saturated carbocycles. The van der Waals surface area contributed by atoms with Gasteiger partial charge in [0.1, 0.15) is 0 Å². The normalized spacial score (nSPS) is 12.6. The van der Waals surface area contributed by atoms with E-state index in [0.29, 0.717) is 12.6 Å². The summed E-state index contributed by atoms with van der Waals surface area (Å²) in [5.41, 5.74) is 7.55. The van der Waals surface area contributed by atoms with Gasteiger partial charge in [-0.25, -0.2) is 9.97 Å². The molecule has 1 aromatic rings. The molecule has 2 N–H and O–H groups in total. The van der Waals surface area contributed by atoms with Gasteiger partial charge in [-0.05, 0) is 39.8 Å². The molecule has 15 heavy (non-hydrogen) atoms. The molecule has 0 bridgehead atoms. The van der Waals surface area contributed by atoms with Crippen LogP contribution < -0.4 is 10.6 Å². The molecule has 84 valence electrons. The number of hydrogen-bond acceptors (Lipinski definition) is 4. The van der Waals surface area contributed by atoms with Crippen molar-refractivity contribution in [1.29, 1.82) is 0 Å². The summed E-state index contributed by atoms with van der Waals surface area (Å²) < 4.78 is 0. The molecule has 0 spiro atoms. The third kappa shape index (κ3) is 3.16. The highest BCUT2D eigenvalue weighted by molar-refractivity contribution is 5.32. The molecule has 0 aliphatic rings. The van der Waals surface area contributed by atoms with Crippen molar-refractivity contribution in [3.63, 3.8) is 0 Å². The second-order valence-electron chi connectivity index (χ2n) is 3.99. The molecule has 0 fully saturated rings. The Morgan fingerprint density at radius 1 is 1.33 bits per heavy atom. The molecular formula is C11H20N4. The first-order valence-electron chi connectivity index (χ1n) is 5.29. The Kier molecular flexibility index (Phi) is 4.03. The molecule has 0 aliphatic heterocycles. The third-order valence-corrected chi connectivity index (χ3v) is 2.53. The number of anilines is 1. The summed E-state index contributed by atoms with van der Waals surface area (Å²) in [6, 6.07) is 2.35. The smallest absolute Gasteiger partial charge is 0.225 e. The van der Waals surface area contributed by atoms with Crippen LogP contribution in [-0.4, -0.2) is 29.6 Å². The van der Waals surface area contributed by atoms with Crippen LogP contribution in [0.1, 0.15) is 24.7 Å². The number of nitrogens with two attached hydrogens (primary N) is 1. The lowest BCUT2D eigenvalue weighted by Gasteiger charge is -2.24. The van der Waals surface area contributed by atoms with Gasteiger partial charge in [-0.2, -0.15) is 0 Å². The molecule has 1 atom stereocenters. The van der Waals surface area contributed by atoms with E-state index in [2.05, 4.69) is 21.8 Å². The minimum Gasteiger partial charge on any atom is -0.341 e. The van der Waals surface area contributed by atoms with E-state index in [1.54, 1.807) is 0 Å². The van der Waals surface area contributed by atoms with Crippen molar-refractivity contribution in [3.05, 3.63) is 17.5 Å². The van der Waals surface area contributed by atoms with Crippen LogP contribution in [0.2, 0.25) is 0 Å². The molecular weight excluding hydrogens is 188 g/mol. The van der Waals surface area contributed by atoms with E-state index in [0.717, 1.165) is 23.8 Å². The number of aromatic nitrogens is 2. The molecule has 0 aromatic carbocycles. The lowest BCUT2D eigenvalue weighted by atomic mass is 10.2. The fourth-order valence-corrected chi connectivity index (χ4v) is 1.50. The predicted molar refractivity (Wildman–Crippen MR) is 63.0 cm³/mol. The minimum atomic E-state index is 0.371. The number of hydrogen-bond donors (Lipinski definition) is 1. The topological polar surface area (TPSA) is 55.0 Å². The van der Waals surface area contributed by atoms with Gasteiger partial charge in [0.2, 0.25) is 5.95 Å². The Labute approximate surface area is 91.5 Å². The molecule has 0 aliphatic carbocycles. The van der Waals surface area contributed by atoms with Crippen LogP contribution in [-0.2, 0) is 0 Å². The van der Waals surface area contributed by atoms with Crippen molar-refractivity contribution in [3.8, 4) is 0 Å². The molecule has 1 rings (SSSR count). The lowest BCUT2D eigenvalue weighted by molar-refractivity contribution is 0.621. The van der Waals surface area contributed by atoms with E-state index < -0.39 is 0 Å². The summed E-state index contributed by atoms with van der Waals surface area (Å²) in [5, 5.41) is 0. The van der Waals surface area contributed by atoms with Crippen molar-refractivity contribution in [2.45, 2.75) is 33.2 Å². The van der Waals surface area contributed by atoms with Gasteiger partial charge in [0.25, 0.3) is 0 Å². The zero-order valence-corrected chi connectivity index (χ0v) is 9.99. The summed E-state index contributed by atoms with van der Waals surface area (Å²) in [4.78, 5) is 10.9. The maximum Gasteiger partial charge on any atom is 0.225 e. The second kappa shape index (κ2) is 5.07. The highest BCUT2D eigenvalue weighted by Crippen LogP contribution is 2.12. The SMILES string of the molecule is Cc1cc(C)nc(N(C)C(C)CCN)n1. The van der Waals surface area contributed by atoms with E-state index in [1.807, 2.05) is 27.0 Å². The number of aryl methyl sites for hydroxylation is 2. The third-order valence-electron chi connectivity index (χ3n) is 2.53. The Hall–Kier alpha value is -1.16. The van der Waals surface area contributed by atoms with E-state index in [1.165, 1.54) is 0 Å². The first-order valence-corrected chi connectivity index (χ1v) is 5.29. The molecule has 1 unspecified atom stereocenters. The molecule has 0 radical (unpaired) electrons. The van der Waals surface area contributed by atoms with Crippen LogP contribution in [0.3, 0.4) is 0 Å². The standard InChI is InChI=1S/C11H20N4/c1-8-7-9(2)14-11(13-8)15(4)10(3)5-6-12/h7,10H,5-6,12H2,1-4H3. The maximum atomic E-state index is 5.54. The fourth-order valence-electron chi connectivity index (χ4n) is 1.50. The highest BCUT2D eigenvalue weighted by Gasteiger charge is 2.12. The molecule has 1 aromatic heterocycles. The fraction of sp³-hybridized carbons (Fsp3) is 0.636. The predicted octanol–water partition coefficient (Wildman–Crippen LogP) is 1.27. The monoisotopic (exact) mass is 208 g/mol. The van der Waals surface area contributed by atoms with Gasteiger partial charge in [-0.15, -0.1) is 0 Å². The molecule has 1 heterocycles. The van der Waals surface area contributed by atoms with Gasteiger partial charge >= 0.3 is 0 Å². The average Bonchev–Trinajstić information content (AvgIpc) is 2.15. The van der Waals surface area contributed by atoms with Crippen molar-refractivity contribution in [2.24, 2.45) is 5.73 Å². The first kappa shape index (κ1) is 11.9. The largest absolute Gasteiger partial charge is 0.341 e. The Bertz CT molecular complexity index is 304. The van der Waals surface area contributed by atoms with Crippen molar-refractivity contribution in [2.75, 3.05) is 18.5 Å². The van der Waals surface area contributed by atoms with Gasteiger partial charge in [0.15, 0.2) is 0 Å². The summed E-state index contributed by atoms with van der Waals surface area (Å²) in [5.74, 6) is 0.786. The van der Waals surface area contributed by atoms with Crippen LogP contribution in [0.15, 0.2) is 6.07 Å². The Balaban J connectivity index is 2.85. The summed E-state index contributed by atoms with van der Waals surface area (Å²) in [6.07, 6.45) is 0.951. The van der Waals surface area contributed by atoms with Crippen LogP contribution in [0.25, 0.3) is 0 Å². The van der Waals surface area contributed by atoms with Crippen molar-refractivity contribution < 1.29 is 0 Å². The molecule has 4 heteroatoms. The molecule has 0 amide bonds. The van der Waals surface area contributed by atoms with Gasteiger partial charge in [0, 0.05) is 24.5 Å². The van der Waals surface area contributed by atoms with E-state index >= 15 is 0 Å². The zero-order chi connectivity index (χ0) is 11.4. The summed E-state index contributed by atoms with van der Waals surface area (Å²) >= 11 is 0. The van der Waals surface area contributed by atoms with Crippen LogP contribution in [0.4, 0.5) is 5.95 Å². The number of rotatable bonds is 4. The van der Waals surface area contributed by atoms with Crippen LogP contribution in [0, 0.1) is 13.8 Å². The first-order chi connectivity index (χ1) is 7.04. The second-order valence-corrected chi connectivity index (χ2v) is 3.99. The minimum absolute atomic E-state index is 0.371. The van der Waals surface area contributed by atoms with Crippen LogP contribution in [0.5, 0.6) is 0 Å². The Morgan fingerprint density at radius 3 is 2.33 bits per heavy atom. The highest BCUT2D eigenvalue weighted by atomic mass is 15.2. The van der Waals surface area contributed by atoms with E-state index in [-0.39, 0.29) is 0 Å². The Morgan fingerprint density at radius 2 is 1.87 bits per heavy atom. The van der Waals surface area contributed by atoms with Crippen molar-refractivity contribution >= 4 is 5.95 Å². The number of nitrogens with zero attached hydrogens (tertiary/aromatic N) is 3. The average molecular weight is 208 g/mol. The van der Waals surface area contributed by atoms with Gasteiger partial charge in [-0.3, -0.25) is 0 Å². The van der Waals surface area contributed by atoms with E-state index in [4.69, 9.17) is 5.73 Å². The maximum absolute atomic E-state index is 5.54. The summed E-state index contributed by atoms with van der Waals surface area (Å²) in [6.45, 7) is 6.80. The summed E-state index contributed by atoms with van der Waals surface area (Å²) in [7, 11) is 2.01. The van der Waals surface area contributed by atoms with Gasteiger partial charge in [0.05, 0.1) is 0 Å². The van der Waals surface area contributed by atoms with Gasteiger partial charge < -0.3 is 10.6 Å². The van der Waals surface area contributed by atoms with Crippen LogP contribution >= 0.6 is 0 Å². The molecule has 4 nitrogen and oxygen atoms in total. The molecule has 0 saturated heterocycles. The zero-order valence-electron chi connectivity index (χ0n) is 9.99. The van der Waals surface area contributed by atoms with E-state index in [9.17, 15) is 0 Å².